The molecule has 1 saturated heterocycles. The monoisotopic (exact) mass is 473 g/mol. The maximum Gasteiger partial charge on any atom is 0.410 e. The van der Waals surface area contributed by atoms with Gasteiger partial charge in [0.2, 0.25) is 0 Å². The molecule has 6 nitrogen and oxygen atoms in total. The van der Waals surface area contributed by atoms with Crippen molar-refractivity contribution in [2.75, 3.05) is 13.2 Å². The summed E-state index contributed by atoms with van der Waals surface area (Å²) in [6, 6.07) is 12.5. The first-order chi connectivity index (χ1) is 15.7. The van der Waals surface area contributed by atoms with Gasteiger partial charge in [0, 0.05) is 17.1 Å². The first-order valence-corrected chi connectivity index (χ1v) is 11.6. The first-order valence-electron chi connectivity index (χ1n) is 11.2. The minimum absolute atomic E-state index is 0.126. The number of likely N-dealkylation sites (tertiary alicyclic amines) is 1. The van der Waals surface area contributed by atoms with Crippen LogP contribution in [0.5, 0.6) is 6.01 Å². The van der Waals surface area contributed by atoms with Gasteiger partial charge in [-0.2, -0.15) is 4.98 Å². The number of piperidine rings is 1. The maximum atomic E-state index is 14.5. The fraction of sp³-hybridized carbons (Fsp3) is 0.440. The number of aromatic nitrogens is 2. The molecule has 2 heterocycles. The summed E-state index contributed by atoms with van der Waals surface area (Å²) in [7, 11) is 0. The molecule has 1 aliphatic heterocycles. The third-order valence-electron chi connectivity index (χ3n) is 5.66. The van der Waals surface area contributed by atoms with Crippen molar-refractivity contribution < 1.29 is 18.7 Å². The number of halogens is 2. The number of carbonyl (C=O) groups excluding carboxylic acids is 1. The lowest BCUT2D eigenvalue weighted by Crippen LogP contribution is -2.48. The van der Waals surface area contributed by atoms with E-state index in [-0.39, 0.29) is 31.1 Å². The number of carbonyl (C=O) groups is 1. The number of rotatable bonds is 5. The second-order valence-electron chi connectivity index (χ2n) is 9.30. The minimum atomic E-state index is -0.563. The Hall–Kier alpha value is -2.80. The minimum Gasteiger partial charge on any atom is -0.462 e. The van der Waals surface area contributed by atoms with Crippen molar-refractivity contribution in [3.05, 3.63) is 58.9 Å². The molecule has 0 unspecified atom stereocenters. The van der Waals surface area contributed by atoms with Crippen LogP contribution in [0.1, 0.15) is 45.6 Å². The Morgan fingerprint density at radius 2 is 1.97 bits per heavy atom. The average molecular weight is 474 g/mol. The molecule has 176 valence electrons. The molecule has 0 bridgehead atoms. The van der Waals surface area contributed by atoms with Gasteiger partial charge in [0.15, 0.2) is 0 Å². The SMILES string of the molecule is CC(C)(C)OC(=O)N1CCCC[C@H]1COc1nc2ccccc2n1Cc1c(F)cccc1Cl. The zero-order chi connectivity index (χ0) is 23.6. The predicted molar refractivity (Wildman–Crippen MR) is 126 cm³/mol. The zero-order valence-corrected chi connectivity index (χ0v) is 19.9. The summed E-state index contributed by atoms with van der Waals surface area (Å²) in [6.07, 6.45) is 2.43. The van der Waals surface area contributed by atoms with Gasteiger partial charge < -0.3 is 14.4 Å². The fourth-order valence-corrected chi connectivity index (χ4v) is 4.29. The highest BCUT2D eigenvalue weighted by Gasteiger charge is 2.31. The molecule has 1 amide bonds. The highest BCUT2D eigenvalue weighted by Crippen LogP contribution is 2.28. The van der Waals surface area contributed by atoms with Gasteiger partial charge in [-0.05, 0) is 64.3 Å². The second-order valence-corrected chi connectivity index (χ2v) is 9.71. The molecule has 1 aliphatic rings. The lowest BCUT2D eigenvalue weighted by Gasteiger charge is -2.36. The van der Waals surface area contributed by atoms with Crippen molar-refractivity contribution in [3.63, 3.8) is 0 Å². The smallest absolute Gasteiger partial charge is 0.410 e. The molecule has 33 heavy (non-hydrogen) atoms. The molecule has 4 rings (SSSR count). The number of amides is 1. The summed E-state index contributed by atoms with van der Waals surface area (Å²) in [6.45, 7) is 6.66. The van der Waals surface area contributed by atoms with Gasteiger partial charge in [-0.25, -0.2) is 9.18 Å². The summed E-state index contributed by atoms with van der Waals surface area (Å²) < 4.78 is 28.1. The van der Waals surface area contributed by atoms with Crippen molar-refractivity contribution in [1.82, 2.24) is 14.5 Å². The van der Waals surface area contributed by atoms with Crippen molar-refractivity contribution >= 4 is 28.7 Å². The number of hydrogen-bond acceptors (Lipinski definition) is 4. The average Bonchev–Trinajstić information content (AvgIpc) is 3.11. The lowest BCUT2D eigenvalue weighted by molar-refractivity contribution is 0.00290. The molecule has 0 radical (unpaired) electrons. The number of benzene rings is 2. The molecule has 1 fully saturated rings. The molecule has 8 heteroatoms. The van der Waals surface area contributed by atoms with Crippen LogP contribution in [0, 0.1) is 5.82 Å². The van der Waals surface area contributed by atoms with Crippen LogP contribution in [0.15, 0.2) is 42.5 Å². The van der Waals surface area contributed by atoms with E-state index in [1.54, 1.807) is 17.0 Å². The molecule has 1 atom stereocenters. The molecule has 0 aliphatic carbocycles. The van der Waals surface area contributed by atoms with Crippen molar-refractivity contribution in [2.45, 2.75) is 58.2 Å². The molecular formula is C25H29ClFN3O3. The molecule has 0 saturated carbocycles. The van der Waals surface area contributed by atoms with Crippen LogP contribution in [0.3, 0.4) is 0 Å². The zero-order valence-electron chi connectivity index (χ0n) is 19.2. The summed E-state index contributed by atoms with van der Waals surface area (Å²) in [4.78, 5) is 19.1. The molecule has 1 aromatic heterocycles. The Bertz CT molecular complexity index is 1120. The number of imidazole rings is 1. The van der Waals surface area contributed by atoms with Gasteiger partial charge in [0.05, 0.1) is 23.6 Å². The standard InChI is InChI=1S/C25H29ClFN3O3/c1-25(2,3)33-24(31)29-14-7-6-9-17(29)16-32-23-28-21-12-4-5-13-22(21)30(23)15-18-19(26)10-8-11-20(18)27/h4-5,8,10-13,17H,6-7,9,14-16H2,1-3H3/t17-/m0/s1. The summed E-state index contributed by atoms with van der Waals surface area (Å²) >= 11 is 6.28. The molecule has 3 aromatic rings. The Morgan fingerprint density at radius 1 is 1.18 bits per heavy atom. The van der Waals surface area contributed by atoms with Gasteiger partial charge >= 0.3 is 6.09 Å². The van der Waals surface area contributed by atoms with Crippen LogP contribution in [0.4, 0.5) is 9.18 Å². The van der Waals surface area contributed by atoms with Crippen LogP contribution in [0.25, 0.3) is 11.0 Å². The highest BCUT2D eigenvalue weighted by molar-refractivity contribution is 6.31. The summed E-state index contributed by atoms with van der Waals surface area (Å²) in [5, 5.41) is 0.349. The third-order valence-corrected chi connectivity index (χ3v) is 6.01. The largest absolute Gasteiger partial charge is 0.462 e. The van der Waals surface area contributed by atoms with Gasteiger partial charge in [0.1, 0.15) is 18.0 Å². The topological polar surface area (TPSA) is 56.6 Å². The fourth-order valence-electron chi connectivity index (χ4n) is 4.06. The van der Waals surface area contributed by atoms with E-state index in [0.717, 1.165) is 30.3 Å². The van der Waals surface area contributed by atoms with E-state index < -0.39 is 5.60 Å². The quantitative estimate of drug-likeness (QED) is 0.453. The summed E-state index contributed by atoms with van der Waals surface area (Å²) in [5.41, 5.74) is 1.37. The van der Waals surface area contributed by atoms with Gasteiger partial charge in [-0.15, -0.1) is 0 Å². The van der Waals surface area contributed by atoms with E-state index in [1.165, 1.54) is 6.07 Å². The number of para-hydroxylation sites is 2. The Kier molecular flexibility index (Phi) is 6.79. The Balaban J connectivity index is 1.58. The van der Waals surface area contributed by atoms with Crippen molar-refractivity contribution in [1.29, 1.82) is 0 Å². The van der Waals surface area contributed by atoms with Crippen LogP contribution < -0.4 is 4.74 Å². The lowest BCUT2D eigenvalue weighted by atomic mass is 10.0. The molecule has 0 spiro atoms. The van der Waals surface area contributed by atoms with E-state index in [1.807, 2.05) is 49.6 Å². The number of ether oxygens (including phenoxy) is 2. The van der Waals surface area contributed by atoms with E-state index >= 15 is 0 Å². The second kappa shape index (κ2) is 9.59. The highest BCUT2D eigenvalue weighted by atomic mass is 35.5. The van der Waals surface area contributed by atoms with E-state index in [0.29, 0.717) is 23.1 Å². The predicted octanol–water partition coefficient (Wildman–Crippen LogP) is 6.05. The van der Waals surface area contributed by atoms with Crippen LogP contribution in [0.2, 0.25) is 5.02 Å². The Morgan fingerprint density at radius 3 is 2.73 bits per heavy atom. The summed E-state index contributed by atoms with van der Waals surface area (Å²) in [5.74, 6) is -0.380. The molecular weight excluding hydrogens is 445 g/mol. The maximum absolute atomic E-state index is 14.5. The van der Waals surface area contributed by atoms with Gasteiger partial charge in [0.25, 0.3) is 6.01 Å². The van der Waals surface area contributed by atoms with Crippen LogP contribution in [-0.4, -0.2) is 45.3 Å². The molecule has 2 aromatic carbocycles. The van der Waals surface area contributed by atoms with Gasteiger partial charge in [-0.3, -0.25) is 4.57 Å². The van der Waals surface area contributed by atoms with E-state index in [2.05, 4.69) is 4.98 Å². The number of hydrogen-bond donors (Lipinski definition) is 0. The molecule has 0 N–H and O–H groups in total. The van der Waals surface area contributed by atoms with Crippen molar-refractivity contribution in [3.8, 4) is 6.01 Å². The van der Waals surface area contributed by atoms with Crippen molar-refractivity contribution in [2.24, 2.45) is 0 Å². The Labute approximate surface area is 198 Å². The van der Waals surface area contributed by atoms with Gasteiger partial charge in [-0.1, -0.05) is 29.8 Å². The van der Waals surface area contributed by atoms with Crippen LogP contribution >= 0.6 is 11.6 Å². The van der Waals surface area contributed by atoms with E-state index in [4.69, 9.17) is 21.1 Å². The van der Waals surface area contributed by atoms with E-state index in [9.17, 15) is 9.18 Å². The number of nitrogens with zero attached hydrogens (tertiary/aromatic N) is 3. The third kappa shape index (κ3) is 5.41. The van der Waals surface area contributed by atoms with Crippen LogP contribution in [-0.2, 0) is 11.3 Å². The number of fused-ring (bicyclic) bond motifs is 1. The normalized spacial score (nSPS) is 16.8. The first kappa shape index (κ1) is 23.4.